The molecule has 2 aromatic rings. The zero-order chi connectivity index (χ0) is 12.0. The van der Waals surface area contributed by atoms with Crippen molar-refractivity contribution >= 4 is 17.1 Å². The molecule has 0 saturated heterocycles. The fourth-order valence-electron chi connectivity index (χ4n) is 2.38. The second-order valence-corrected chi connectivity index (χ2v) is 5.62. The molecule has 0 amide bonds. The summed E-state index contributed by atoms with van der Waals surface area (Å²) >= 11 is 1.55. The third-order valence-corrected chi connectivity index (χ3v) is 4.42. The maximum absolute atomic E-state index is 11.4. The van der Waals surface area contributed by atoms with E-state index in [1.807, 2.05) is 6.07 Å². The molecule has 0 N–H and O–H groups in total. The van der Waals surface area contributed by atoms with Crippen molar-refractivity contribution in [1.82, 2.24) is 4.98 Å². The molecule has 3 heteroatoms. The minimum Gasteiger partial charge on any atom is -0.292 e. The van der Waals surface area contributed by atoms with Gasteiger partial charge in [0.05, 0.1) is 5.69 Å². The number of fused-ring (bicyclic) bond motifs is 3. The molecule has 0 aliphatic heterocycles. The lowest BCUT2D eigenvalue weighted by Gasteiger charge is -2.21. The average molecular weight is 243 g/mol. The summed E-state index contributed by atoms with van der Waals surface area (Å²) < 4.78 is 0. The lowest BCUT2D eigenvalue weighted by Crippen LogP contribution is -2.06. The van der Waals surface area contributed by atoms with Crippen LogP contribution >= 0.6 is 11.3 Å². The number of hydrogen-bond donors (Lipinski definition) is 0. The normalized spacial score (nSPS) is 17.4. The minimum atomic E-state index is 0.0644. The van der Waals surface area contributed by atoms with Crippen LogP contribution in [0.25, 0.3) is 11.3 Å². The fraction of sp³-hybridized carbons (Fsp3) is 0.286. The number of aromatic nitrogens is 1. The topological polar surface area (TPSA) is 30.0 Å². The van der Waals surface area contributed by atoms with Gasteiger partial charge >= 0.3 is 0 Å². The molecular weight excluding hydrogens is 230 g/mol. The summed E-state index contributed by atoms with van der Waals surface area (Å²) in [4.78, 5) is 17.2. The van der Waals surface area contributed by atoms with E-state index in [4.69, 9.17) is 0 Å². The monoisotopic (exact) mass is 243 g/mol. The third-order valence-electron chi connectivity index (χ3n) is 3.24. The van der Waals surface area contributed by atoms with Crippen molar-refractivity contribution in [3.8, 4) is 11.3 Å². The molecule has 0 spiro atoms. The van der Waals surface area contributed by atoms with Crippen LogP contribution in [0.5, 0.6) is 0 Å². The Balaban J connectivity index is 2.22. The Kier molecular flexibility index (Phi) is 2.37. The van der Waals surface area contributed by atoms with Gasteiger partial charge in [-0.25, -0.2) is 4.98 Å². The first kappa shape index (κ1) is 10.7. The minimum absolute atomic E-state index is 0.0644. The summed E-state index contributed by atoms with van der Waals surface area (Å²) in [5.74, 6) is 0.577. The Bertz CT molecular complexity index is 600. The van der Waals surface area contributed by atoms with E-state index < -0.39 is 0 Å². The predicted octanol–water partition coefficient (Wildman–Crippen LogP) is 3.67. The van der Waals surface area contributed by atoms with Gasteiger partial charge in [0.25, 0.3) is 0 Å². The van der Waals surface area contributed by atoms with E-state index in [-0.39, 0.29) is 5.78 Å². The molecule has 17 heavy (non-hydrogen) atoms. The van der Waals surface area contributed by atoms with E-state index in [0.29, 0.717) is 10.9 Å². The van der Waals surface area contributed by atoms with E-state index in [1.165, 1.54) is 16.0 Å². The van der Waals surface area contributed by atoms with Crippen molar-refractivity contribution in [3.05, 3.63) is 39.7 Å². The van der Waals surface area contributed by atoms with Crippen LogP contribution in [-0.4, -0.2) is 10.8 Å². The zero-order valence-corrected chi connectivity index (χ0v) is 10.7. The van der Waals surface area contributed by atoms with E-state index >= 15 is 0 Å². The number of carbonyl (C=O) groups is 1. The van der Waals surface area contributed by atoms with Crippen molar-refractivity contribution in [3.63, 3.8) is 0 Å². The van der Waals surface area contributed by atoms with Gasteiger partial charge in [-0.1, -0.05) is 31.2 Å². The van der Waals surface area contributed by atoms with E-state index in [0.717, 1.165) is 12.1 Å². The quantitative estimate of drug-likeness (QED) is 0.715. The van der Waals surface area contributed by atoms with Crippen molar-refractivity contribution < 1.29 is 4.79 Å². The summed E-state index contributed by atoms with van der Waals surface area (Å²) in [5.41, 5.74) is 3.57. The van der Waals surface area contributed by atoms with Crippen LogP contribution in [0.3, 0.4) is 0 Å². The summed E-state index contributed by atoms with van der Waals surface area (Å²) in [6.45, 7) is 3.81. The molecule has 1 atom stereocenters. The Morgan fingerprint density at radius 3 is 2.94 bits per heavy atom. The molecule has 1 aromatic carbocycles. The van der Waals surface area contributed by atoms with Crippen LogP contribution in [0, 0.1) is 0 Å². The highest BCUT2D eigenvalue weighted by molar-refractivity contribution is 7.14. The molecule has 0 fully saturated rings. The number of ketones is 1. The Labute approximate surface area is 104 Å². The van der Waals surface area contributed by atoms with E-state index in [1.54, 1.807) is 18.3 Å². The number of carbonyl (C=O) groups excluding carboxylic acids is 1. The van der Waals surface area contributed by atoms with Crippen molar-refractivity contribution in [2.24, 2.45) is 0 Å². The first-order valence-corrected chi connectivity index (χ1v) is 6.58. The number of nitrogens with zero attached hydrogens (tertiary/aromatic N) is 1. The summed E-state index contributed by atoms with van der Waals surface area (Å²) in [6.07, 6.45) is 0.997. The van der Waals surface area contributed by atoms with Gasteiger partial charge in [-0.05, 0) is 17.9 Å². The molecule has 1 aliphatic rings. The highest BCUT2D eigenvalue weighted by Crippen LogP contribution is 2.41. The third kappa shape index (κ3) is 1.62. The molecule has 1 aromatic heterocycles. The highest BCUT2D eigenvalue weighted by atomic mass is 32.1. The van der Waals surface area contributed by atoms with E-state index in [2.05, 4.69) is 30.1 Å². The lowest BCUT2D eigenvalue weighted by atomic mass is 9.86. The largest absolute Gasteiger partial charge is 0.292 e. The first-order valence-electron chi connectivity index (χ1n) is 5.76. The maximum Gasteiger partial charge on any atom is 0.188 e. The summed E-state index contributed by atoms with van der Waals surface area (Å²) in [5, 5.41) is 0.638. The van der Waals surface area contributed by atoms with Crippen LogP contribution in [0.1, 0.15) is 40.0 Å². The van der Waals surface area contributed by atoms with Gasteiger partial charge in [0, 0.05) is 17.4 Å². The molecule has 2 nitrogen and oxygen atoms in total. The molecule has 1 heterocycles. The van der Waals surface area contributed by atoms with Gasteiger partial charge in [-0.3, -0.25) is 4.79 Å². The number of thiazole rings is 1. The first-order chi connectivity index (χ1) is 8.16. The smallest absolute Gasteiger partial charge is 0.188 e. The standard InChI is InChI=1S/C14H13NOS/c1-8-7-12-13(15-14(17-12)9(2)16)11-6-4-3-5-10(8)11/h3-6,8H,7H2,1-2H3. The molecule has 0 bridgehead atoms. The summed E-state index contributed by atoms with van der Waals surface area (Å²) in [7, 11) is 0. The zero-order valence-electron chi connectivity index (χ0n) is 9.86. The number of rotatable bonds is 1. The molecule has 0 radical (unpaired) electrons. The second-order valence-electron chi connectivity index (χ2n) is 4.54. The van der Waals surface area contributed by atoms with Crippen LogP contribution in [0.4, 0.5) is 0 Å². The van der Waals surface area contributed by atoms with Crippen molar-refractivity contribution in [2.75, 3.05) is 0 Å². The van der Waals surface area contributed by atoms with E-state index in [9.17, 15) is 4.79 Å². The summed E-state index contributed by atoms with van der Waals surface area (Å²) in [6, 6.07) is 8.37. The number of hydrogen-bond acceptors (Lipinski definition) is 3. The Morgan fingerprint density at radius 2 is 2.18 bits per heavy atom. The van der Waals surface area contributed by atoms with Crippen LogP contribution < -0.4 is 0 Å². The van der Waals surface area contributed by atoms with Gasteiger partial charge in [-0.2, -0.15) is 0 Å². The van der Waals surface area contributed by atoms with Gasteiger partial charge in [0.15, 0.2) is 10.8 Å². The van der Waals surface area contributed by atoms with Gasteiger partial charge in [0.2, 0.25) is 0 Å². The second kappa shape index (κ2) is 3.77. The van der Waals surface area contributed by atoms with Gasteiger partial charge < -0.3 is 0 Å². The highest BCUT2D eigenvalue weighted by Gasteiger charge is 2.25. The lowest BCUT2D eigenvalue weighted by molar-refractivity contribution is 0.101. The molecule has 3 rings (SSSR count). The maximum atomic E-state index is 11.4. The van der Waals surface area contributed by atoms with Crippen LogP contribution in [-0.2, 0) is 6.42 Å². The van der Waals surface area contributed by atoms with Crippen molar-refractivity contribution in [2.45, 2.75) is 26.2 Å². The molecule has 86 valence electrons. The SMILES string of the molecule is CC(=O)c1nc2c(s1)CC(C)c1ccccc1-2. The molecule has 0 saturated carbocycles. The Morgan fingerprint density at radius 1 is 1.41 bits per heavy atom. The number of benzene rings is 1. The molecular formula is C14H13NOS. The number of Topliss-reactive ketones (excluding diaryl/α,β-unsaturated/α-hetero) is 1. The predicted molar refractivity (Wildman–Crippen MR) is 69.7 cm³/mol. The van der Waals surface area contributed by atoms with Crippen LogP contribution in [0.15, 0.2) is 24.3 Å². The Hall–Kier alpha value is -1.48. The van der Waals surface area contributed by atoms with Crippen LogP contribution in [0.2, 0.25) is 0 Å². The van der Waals surface area contributed by atoms with Gasteiger partial charge in [-0.15, -0.1) is 11.3 Å². The fourth-order valence-corrected chi connectivity index (χ4v) is 3.48. The van der Waals surface area contributed by atoms with Crippen molar-refractivity contribution in [1.29, 1.82) is 0 Å². The molecule has 1 unspecified atom stereocenters. The molecule has 1 aliphatic carbocycles. The average Bonchev–Trinajstić information content (AvgIpc) is 2.73. The van der Waals surface area contributed by atoms with Gasteiger partial charge in [0.1, 0.15) is 0 Å².